The number of carbonyl (C=O) groups is 1. The topological polar surface area (TPSA) is 96.7 Å². The van der Waals surface area contributed by atoms with Crippen molar-refractivity contribution in [3.63, 3.8) is 0 Å². The van der Waals surface area contributed by atoms with Crippen molar-refractivity contribution in [2.45, 2.75) is 12.7 Å². The van der Waals surface area contributed by atoms with Crippen LogP contribution in [0.4, 0.5) is 19.1 Å². The number of aromatic nitrogens is 3. The van der Waals surface area contributed by atoms with E-state index in [1.54, 1.807) is 0 Å². The van der Waals surface area contributed by atoms with E-state index in [0.29, 0.717) is 5.56 Å². The Morgan fingerprint density at radius 3 is 2.45 bits per heavy atom. The van der Waals surface area contributed by atoms with Gasteiger partial charge in [0.1, 0.15) is 0 Å². The molecule has 0 unspecified atom stereocenters. The van der Waals surface area contributed by atoms with Gasteiger partial charge in [-0.15, -0.1) is 5.10 Å². The highest BCUT2D eigenvalue weighted by Crippen LogP contribution is 2.28. The number of nitrogen functional groups attached to an aromatic ring is 1. The number of nitrogens with zero attached hydrogens (tertiary/aromatic N) is 2. The van der Waals surface area contributed by atoms with E-state index in [2.05, 4.69) is 20.5 Å². The molecular formula is C11H10F3N5O. The summed E-state index contributed by atoms with van der Waals surface area (Å²) in [6.07, 6.45) is -4.38. The maximum Gasteiger partial charge on any atom is 0.416 e. The number of hydrogen-bond donors (Lipinski definition) is 3. The Hall–Kier alpha value is -2.58. The van der Waals surface area contributed by atoms with Gasteiger partial charge in [-0.1, -0.05) is 12.1 Å². The Balaban J connectivity index is 1.96. The number of H-pyrrole nitrogens is 1. The monoisotopic (exact) mass is 285 g/mol. The first kappa shape index (κ1) is 13.8. The molecule has 0 spiro atoms. The van der Waals surface area contributed by atoms with Gasteiger partial charge in [-0.3, -0.25) is 9.89 Å². The number of nitrogens with one attached hydrogen (secondary N) is 2. The number of rotatable bonds is 3. The predicted molar refractivity (Wildman–Crippen MR) is 63.4 cm³/mol. The number of anilines is 1. The number of halogens is 3. The number of carbonyl (C=O) groups excluding carboxylic acids is 1. The second kappa shape index (κ2) is 5.19. The SMILES string of the molecule is Nc1n[nH]c(C(=O)NCc2ccc(C(F)(F)F)cc2)n1. The lowest BCUT2D eigenvalue weighted by Crippen LogP contribution is -2.24. The fraction of sp³-hybridized carbons (Fsp3) is 0.182. The van der Waals surface area contributed by atoms with Crippen LogP contribution in [0.3, 0.4) is 0 Å². The highest BCUT2D eigenvalue weighted by molar-refractivity contribution is 5.90. The van der Waals surface area contributed by atoms with Crippen LogP contribution in [0.5, 0.6) is 0 Å². The molecule has 2 aromatic rings. The molecule has 0 radical (unpaired) electrons. The molecule has 0 fully saturated rings. The van der Waals surface area contributed by atoms with Gasteiger partial charge in [0.25, 0.3) is 5.91 Å². The first-order valence-corrected chi connectivity index (χ1v) is 5.48. The third-order valence-corrected chi connectivity index (χ3v) is 2.45. The Morgan fingerprint density at radius 1 is 1.30 bits per heavy atom. The van der Waals surface area contributed by atoms with Crippen LogP contribution in [0, 0.1) is 0 Å². The van der Waals surface area contributed by atoms with Gasteiger partial charge in [0, 0.05) is 6.54 Å². The molecule has 0 saturated carbocycles. The molecule has 4 N–H and O–H groups in total. The van der Waals surface area contributed by atoms with Crippen LogP contribution in [-0.2, 0) is 12.7 Å². The number of nitrogens with two attached hydrogens (primary N) is 1. The predicted octanol–water partition coefficient (Wildman–Crippen LogP) is 1.34. The van der Waals surface area contributed by atoms with Crippen molar-refractivity contribution in [1.29, 1.82) is 0 Å². The third-order valence-electron chi connectivity index (χ3n) is 2.45. The Morgan fingerprint density at radius 2 is 1.95 bits per heavy atom. The van der Waals surface area contributed by atoms with Gasteiger partial charge in [-0.2, -0.15) is 18.2 Å². The van der Waals surface area contributed by atoms with Crippen molar-refractivity contribution < 1.29 is 18.0 Å². The van der Waals surface area contributed by atoms with Crippen molar-refractivity contribution in [2.75, 3.05) is 5.73 Å². The Bertz CT molecular complexity index is 605. The summed E-state index contributed by atoms with van der Waals surface area (Å²) in [6, 6.07) is 4.48. The number of benzene rings is 1. The molecule has 1 aromatic carbocycles. The quantitative estimate of drug-likeness (QED) is 0.792. The van der Waals surface area contributed by atoms with Crippen LogP contribution in [0.15, 0.2) is 24.3 Å². The van der Waals surface area contributed by atoms with Crippen LogP contribution < -0.4 is 11.1 Å². The smallest absolute Gasteiger partial charge is 0.366 e. The molecule has 6 nitrogen and oxygen atoms in total. The van der Waals surface area contributed by atoms with Gasteiger partial charge in [0.15, 0.2) is 0 Å². The molecular weight excluding hydrogens is 275 g/mol. The fourth-order valence-corrected chi connectivity index (χ4v) is 1.45. The number of alkyl halides is 3. The maximum absolute atomic E-state index is 12.4. The van der Waals surface area contributed by atoms with Gasteiger partial charge < -0.3 is 11.1 Å². The van der Waals surface area contributed by atoms with Crippen LogP contribution in [0.25, 0.3) is 0 Å². The number of amides is 1. The maximum atomic E-state index is 12.4. The van der Waals surface area contributed by atoms with Gasteiger partial charge >= 0.3 is 6.18 Å². The number of aromatic amines is 1. The summed E-state index contributed by atoms with van der Waals surface area (Å²) in [7, 11) is 0. The average Bonchev–Trinajstić information content (AvgIpc) is 2.82. The van der Waals surface area contributed by atoms with Gasteiger partial charge in [0.05, 0.1) is 5.56 Å². The normalized spacial score (nSPS) is 11.3. The molecule has 0 saturated heterocycles. The van der Waals surface area contributed by atoms with Gasteiger partial charge in [-0.25, -0.2) is 0 Å². The van der Waals surface area contributed by atoms with E-state index < -0.39 is 17.6 Å². The minimum Gasteiger partial charge on any atom is -0.366 e. The van der Waals surface area contributed by atoms with E-state index in [-0.39, 0.29) is 18.3 Å². The largest absolute Gasteiger partial charge is 0.416 e. The van der Waals surface area contributed by atoms with E-state index >= 15 is 0 Å². The minimum atomic E-state index is -4.38. The molecule has 1 amide bonds. The summed E-state index contributed by atoms with van der Waals surface area (Å²) in [5, 5.41) is 8.29. The molecule has 1 heterocycles. The highest BCUT2D eigenvalue weighted by atomic mass is 19.4. The molecule has 0 aliphatic heterocycles. The molecule has 20 heavy (non-hydrogen) atoms. The molecule has 2 rings (SSSR count). The third kappa shape index (κ3) is 3.25. The van der Waals surface area contributed by atoms with Crippen LogP contribution in [0.1, 0.15) is 21.7 Å². The van der Waals surface area contributed by atoms with Crippen molar-refractivity contribution in [1.82, 2.24) is 20.5 Å². The summed E-state index contributed by atoms with van der Waals surface area (Å²) in [6.45, 7) is 0.0670. The first-order valence-electron chi connectivity index (χ1n) is 5.48. The second-order valence-corrected chi connectivity index (χ2v) is 3.92. The van der Waals surface area contributed by atoms with Gasteiger partial charge in [-0.05, 0) is 17.7 Å². The van der Waals surface area contributed by atoms with Crippen LogP contribution in [0.2, 0.25) is 0 Å². The molecule has 0 bridgehead atoms. The Kier molecular flexibility index (Phi) is 3.59. The van der Waals surface area contributed by atoms with Crippen molar-refractivity contribution in [3.05, 3.63) is 41.2 Å². The summed E-state index contributed by atoms with van der Waals surface area (Å²) in [5.74, 6) is -0.673. The van der Waals surface area contributed by atoms with E-state index in [1.165, 1.54) is 12.1 Å². The van der Waals surface area contributed by atoms with Gasteiger partial charge in [0.2, 0.25) is 11.8 Å². The summed E-state index contributed by atoms with van der Waals surface area (Å²) in [4.78, 5) is 15.2. The van der Waals surface area contributed by atoms with E-state index in [1.807, 2.05) is 0 Å². The molecule has 0 atom stereocenters. The van der Waals surface area contributed by atoms with Crippen molar-refractivity contribution in [2.24, 2.45) is 0 Å². The minimum absolute atomic E-state index is 0.0607. The lowest BCUT2D eigenvalue weighted by atomic mass is 10.1. The Labute approximate surface area is 111 Å². The summed E-state index contributed by atoms with van der Waals surface area (Å²) >= 11 is 0. The van der Waals surface area contributed by atoms with E-state index in [9.17, 15) is 18.0 Å². The summed E-state index contributed by atoms with van der Waals surface area (Å²) < 4.78 is 37.1. The number of hydrogen-bond acceptors (Lipinski definition) is 4. The van der Waals surface area contributed by atoms with Crippen molar-refractivity contribution >= 4 is 11.9 Å². The molecule has 1 aromatic heterocycles. The lowest BCUT2D eigenvalue weighted by molar-refractivity contribution is -0.137. The standard InChI is InChI=1S/C11H10F3N5O/c12-11(13,14)7-3-1-6(2-4-7)5-16-9(20)8-17-10(15)19-18-8/h1-4H,5H2,(H,16,20)(H3,15,17,18,19). The van der Waals surface area contributed by atoms with Crippen molar-refractivity contribution in [3.8, 4) is 0 Å². The lowest BCUT2D eigenvalue weighted by Gasteiger charge is -2.08. The van der Waals surface area contributed by atoms with E-state index in [4.69, 9.17) is 5.73 Å². The zero-order valence-corrected chi connectivity index (χ0v) is 10.0. The van der Waals surface area contributed by atoms with Crippen LogP contribution >= 0.6 is 0 Å². The second-order valence-electron chi connectivity index (χ2n) is 3.92. The van der Waals surface area contributed by atoms with Crippen LogP contribution in [-0.4, -0.2) is 21.1 Å². The first-order chi connectivity index (χ1) is 9.36. The van der Waals surface area contributed by atoms with E-state index in [0.717, 1.165) is 12.1 Å². The zero-order valence-electron chi connectivity index (χ0n) is 10.0. The highest BCUT2D eigenvalue weighted by Gasteiger charge is 2.29. The molecule has 9 heteroatoms. The average molecular weight is 285 g/mol. The molecule has 106 valence electrons. The molecule has 0 aliphatic rings. The summed E-state index contributed by atoms with van der Waals surface area (Å²) in [5.41, 5.74) is 5.03. The zero-order chi connectivity index (χ0) is 14.8. The molecule has 0 aliphatic carbocycles. The fourth-order valence-electron chi connectivity index (χ4n) is 1.45.